The topological polar surface area (TPSA) is 12.9 Å². The summed E-state index contributed by atoms with van der Waals surface area (Å²) in [5, 5.41) is 2.58. The smallest absolute Gasteiger partial charge is 0.136 e. The normalized spacial score (nSPS) is 10.9. The molecule has 0 aliphatic heterocycles. The van der Waals surface area contributed by atoms with Gasteiger partial charge in [-0.25, -0.2) is 4.98 Å². The van der Waals surface area contributed by atoms with Gasteiger partial charge in [-0.05, 0) is 40.0 Å². The molecule has 1 aromatic heterocycles. The van der Waals surface area contributed by atoms with Gasteiger partial charge in [0, 0.05) is 21.4 Å². The van der Waals surface area contributed by atoms with Crippen molar-refractivity contribution in [2.45, 2.75) is 6.92 Å². The maximum absolute atomic E-state index is 6.18. The molecule has 0 aliphatic rings. The second-order valence-electron chi connectivity index (χ2n) is 4.52. The number of nitrogens with zero attached hydrogens (tertiary/aromatic N) is 1. The van der Waals surface area contributed by atoms with Crippen molar-refractivity contribution in [3.05, 3.63) is 63.9 Å². The lowest BCUT2D eigenvalue weighted by atomic mass is 10.0. The van der Waals surface area contributed by atoms with E-state index in [1.54, 1.807) is 6.20 Å². The number of hydrogen-bond acceptors (Lipinski definition) is 1. The summed E-state index contributed by atoms with van der Waals surface area (Å²) in [5.41, 5.74) is 3.59. The van der Waals surface area contributed by atoms with Crippen LogP contribution < -0.4 is 0 Å². The summed E-state index contributed by atoms with van der Waals surface area (Å²) in [6, 6.07) is 14.7. The van der Waals surface area contributed by atoms with Gasteiger partial charge in [0.25, 0.3) is 0 Å². The van der Waals surface area contributed by atoms with Crippen LogP contribution in [-0.2, 0) is 0 Å². The fourth-order valence-corrected chi connectivity index (χ4v) is 2.75. The molecular weight excluding hydrogens is 322 g/mol. The minimum atomic E-state index is 0.534. The number of pyridine rings is 1. The van der Waals surface area contributed by atoms with Crippen LogP contribution in [0.15, 0.2) is 53.1 Å². The average molecular weight is 333 g/mol. The summed E-state index contributed by atoms with van der Waals surface area (Å²) < 4.78 is 0.961. The Kier molecular flexibility index (Phi) is 3.29. The van der Waals surface area contributed by atoms with Crippen molar-refractivity contribution < 1.29 is 0 Å². The van der Waals surface area contributed by atoms with E-state index in [9.17, 15) is 0 Å². The van der Waals surface area contributed by atoms with E-state index in [1.165, 1.54) is 11.1 Å². The molecule has 3 aromatic rings. The van der Waals surface area contributed by atoms with Gasteiger partial charge >= 0.3 is 0 Å². The van der Waals surface area contributed by atoms with E-state index in [0.29, 0.717) is 5.15 Å². The van der Waals surface area contributed by atoms with Gasteiger partial charge in [-0.3, -0.25) is 0 Å². The molecule has 0 amide bonds. The first-order valence-corrected chi connectivity index (χ1v) is 7.13. The molecule has 3 heteroatoms. The van der Waals surface area contributed by atoms with Crippen LogP contribution >= 0.6 is 27.5 Å². The predicted octanol–water partition coefficient (Wildman–Crippen LogP) is 5.63. The summed E-state index contributed by atoms with van der Waals surface area (Å²) in [7, 11) is 0. The predicted molar refractivity (Wildman–Crippen MR) is 84.6 cm³/mol. The third-order valence-corrected chi connectivity index (χ3v) is 4.11. The van der Waals surface area contributed by atoms with Crippen molar-refractivity contribution in [1.29, 1.82) is 0 Å². The molecule has 1 nitrogen and oxygen atoms in total. The lowest BCUT2D eigenvalue weighted by Crippen LogP contribution is -1.84. The first-order chi connectivity index (χ1) is 9.15. The minimum Gasteiger partial charge on any atom is -0.243 e. The van der Waals surface area contributed by atoms with Crippen LogP contribution in [0.4, 0.5) is 0 Å². The zero-order valence-electron chi connectivity index (χ0n) is 10.3. The van der Waals surface area contributed by atoms with Gasteiger partial charge in [0.2, 0.25) is 0 Å². The molecular formula is C16H11BrClN. The van der Waals surface area contributed by atoms with Crippen molar-refractivity contribution in [2.24, 2.45) is 0 Å². The maximum atomic E-state index is 6.18. The minimum absolute atomic E-state index is 0.534. The van der Waals surface area contributed by atoms with Gasteiger partial charge in [0.05, 0.1) is 0 Å². The highest BCUT2D eigenvalue weighted by molar-refractivity contribution is 9.10. The standard InChI is InChI=1S/C16H11BrClN/c1-10-2-4-11(5-3-10)12-6-7-13-14(8-12)16(18)19-9-15(13)17/h2-9H,1H3. The van der Waals surface area contributed by atoms with E-state index in [2.05, 4.69) is 70.3 Å². The Hall–Kier alpha value is -1.38. The Morgan fingerprint density at radius 3 is 2.37 bits per heavy atom. The second kappa shape index (κ2) is 4.95. The summed E-state index contributed by atoms with van der Waals surface area (Å²) in [5.74, 6) is 0. The molecule has 0 saturated carbocycles. The average Bonchev–Trinajstić information content (AvgIpc) is 2.43. The number of aryl methyl sites for hydroxylation is 1. The molecule has 0 radical (unpaired) electrons. The van der Waals surface area contributed by atoms with Crippen LogP contribution in [0.25, 0.3) is 21.9 Å². The molecule has 0 spiro atoms. The van der Waals surface area contributed by atoms with Gasteiger partial charge < -0.3 is 0 Å². The summed E-state index contributed by atoms with van der Waals surface area (Å²) in [6.45, 7) is 2.09. The molecule has 0 aliphatic carbocycles. The summed E-state index contributed by atoms with van der Waals surface area (Å²) in [6.07, 6.45) is 1.73. The molecule has 0 unspecified atom stereocenters. The SMILES string of the molecule is Cc1ccc(-c2ccc3c(Br)cnc(Cl)c3c2)cc1. The fraction of sp³-hybridized carbons (Fsp3) is 0.0625. The van der Waals surface area contributed by atoms with Crippen molar-refractivity contribution in [1.82, 2.24) is 4.98 Å². The quantitative estimate of drug-likeness (QED) is 0.527. The Balaban J connectivity index is 2.21. The van der Waals surface area contributed by atoms with Crippen LogP contribution in [0.3, 0.4) is 0 Å². The Labute approximate surface area is 125 Å². The number of fused-ring (bicyclic) bond motifs is 1. The lowest BCUT2D eigenvalue weighted by Gasteiger charge is -2.07. The van der Waals surface area contributed by atoms with Crippen molar-refractivity contribution in [3.63, 3.8) is 0 Å². The van der Waals surface area contributed by atoms with Crippen LogP contribution in [-0.4, -0.2) is 4.98 Å². The summed E-state index contributed by atoms with van der Waals surface area (Å²) in [4.78, 5) is 4.17. The number of hydrogen-bond donors (Lipinski definition) is 0. The zero-order chi connectivity index (χ0) is 13.4. The van der Waals surface area contributed by atoms with Gasteiger partial charge in [0.15, 0.2) is 0 Å². The number of aromatic nitrogens is 1. The molecule has 2 aromatic carbocycles. The van der Waals surface area contributed by atoms with E-state index >= 15 is 0 Å². The van der Waals surface area contributed by atoms with Crippen LogP contribution in [0.5, 0.6) is 0 Å². The van der Waals surface area contributed by atoms with Gasteiger partial charge in [0.1, 0.15) is 5.15 Å². The zero-order valence-corrected chi connectivity index (χ0v) is 12.7. The summed E-state index contributed by atoms with van der Waals surface area (Å²) >= 11 is 9.68. The number of halogens is 2. The first-order valence-electron chi connectivity index (χ1n) is 5.96. The van der Waals surface area contributed by atoms with Crippen molar-refractivity contribution in [2.75, 3.05) is 0 Å². The lowest BCUT2D eigenvalue weighted by molar-refractivity contribution is 1.35. The van der Waals surface area contributed by atoms with Crippen molar-refractivity contribution >= 4 is 38.3 Å². The Morgan fingerprint density at radius 2 is 1.63 bits per heavy atom. The molecule has 0 atom stereocenters. The highest BCUT2D eigenvalue weighted by Gasteiger charge is 2.06. The second-order valence-corrected chi connectivity index (χ2v) is 5.74. The Bertz CT molecular complexity index is 751. The molecule has 19 heavy (non-hydrogen) atoms. The highest BCUT2D eigenvalue weighted by Crippen LogP contribution is 2.32. The fourth-order valence-electron chi connectivity index (χ4n) is 2.10. The number of benzene rings is 2. The van der Waals surface area contributed by atoms with Gasteiger partial charge in [-0.2, -0.15) is 0 Å². The van der Waals surface area contributed by atoms with Gasteiger partial charge in [-0.1, -0.05) is 53.6 Å². The van der Waals surface area contributed by atoms with Crippen LogP contribution in [0.1, 0.15) is 5.56 Å². The largest absolute Gasteiger partial charge is 0.243 e. The van der Waals surface area contributed by atoms with Gasteiger partial charge in [-0.15, -0.1) is 0 Å². The molecule has 0 bridgehead atoms. The highest BCUT2D eigenvalue weighted by atomic mass is 79.9. The maximum Gasteiger partial charge on any atom is 0.136 e. The van der Waals surface area contributed by atoms with Crippen LogP contribution in [0.2, 0.25) is 5.15 Å². The molecule has 0 saturated heterocycles. The van der Waals surface area contributed by atoms with E-state index in [4.69, 9.17) is 11.6 Å². The molecule has 3 rings (SSSR count). The van der Waals surface area contributed by atoms with E-state index in [1.807, 2.05) is 0 Å². The number of rotatable bonds is 1. The third kappa shape index (κ3) is 2.38. The Morgan fingerprint density at radius 1 is 0.947 bits per heavy atom. The van der Waals surface area contributed by atoms with Crippen LogP contribution in [0, 0.1) is 6.92 Å². The van der Waals surface area contributed by atoms with Crippen molar-refractivity contribution in [3.8, 4) is 11.1 Å². The molecule has 0 fully saturated rings. The monoisotopic (exact) mass is 331 g/mol. The van der Waals surface area contributed by atoms with E-state index in [-0.39, 0.29) is 0 Å². The van der Waals surface area contributed by atoms with E-state index in [0.717, 1.165) is 20.8 Å². The van der Waals surface area contributed by atoms with E-state index < -0.39 is 0 Å². The molecule has 94 valence electrons. The molecule has 0 N–H and O–H groups in total. The molecule has 1 heterocycles. The third-order valence-electron chi connectivity index (χ3n) is 3.18. The first kappa shape index (κ1) is 12.6.